The first-order valence-electron chi connectivity index (χ1n) is 6.97. The van der Waals surface area contributed by atoms with Gasteiger partial charge in [0.2, 0.25) is 0 Å². The predicted molar refractivity (Wildman–Crippen MR) is 86.3 cm³/mol. The van der Waals surface area contributed by atoms with E-state index in [0.717, 1.165) is 23.5 Å². The predicted octanol–water partition coefficient (Wildman–Crippen LogP) is 3.93. The Labute approximate surface area is 128 Å². The third kappa shape index (κ3) is 2.74. The van der Waals surface area contributed by atoms with E-state index in [2.05, 4.69) is 23.7 Å². The van der Waals surface area contributed by atoms with Crippen molar-refractivity contribution >= 4 is 28.8 Å². The van der Waals surface area contributed by atoms with E-state index >= 15 is 0 Å². The highest BCUT2D eigenvalue weighted by Gasteiger charge is 2.25. The maximum atomic E-state index is 11.7. The minimum absolute atomic E-state index is 0.260. The van der Waals surface area contributed by atoms with Gasteiger partial charge in [-0.15, -0.1) is 11.3 Å². The molecule has 1 aromatic heterocycles. The van der Waals surface area contributed by atoms with E-state index in [1.165, 1.54) is 10.4 Å². The number of rotatable bonds is 4. The van der Waals surface area contributed by atoms with Crippen molar-refractivity contribution < 1.29 is 9.53 Å². The second-order valence-electron chi connectivity index (χ2n) is 5.07. The van der Waals surface area contributed by atoms with Crippen molar-refractivity contribution in [1.82, 2.24) is 0 Å². The van der Waals surface area contributed by atoms with Crippen molar-refractivity contribution in [3.63, 3.8) is 0 Å². The number of nitrogens with one attached hydrogen (secondary N) is 1. The summed E-state index contributed by atoms with van der Waals surface area (Å²) in [5.41, 5.74) is 4.36. The fourth-order valence-corrected chi connectivity index (χ4v) is 3.23. The highest BCUT2D eigenvalue weighted by molar-refractivity contribution is 7.10. The van der Waals surface area contributed by atoms with Crippen LogP contribution in [-0.2, 0) is 11.3 Å². The molecule has 0 bridgehead atoms. The molecule has 0 spiro atoms. The fraction of sp³-hybridized carbons (Fsp3) is 0.312. The molecule has 1 N–H and O–H groups in total. The van der Waals surface area contributed by atoms with Gasteiger partial charge in [-0.05, 0) is 48.6 Å². The Hall–Kier alpha value is -2.01. The number of hydrogen-bond acceptors (Lipinski definition) is 4. The van der Waals surface area contributed by atoms with Crippen molar-refractivity contribution in [2.45, 2.75) is 20.4 Å². The zero-order valence-electron chi connectivity index (χ0n) is 12.2. The van der Waals surface area contributed by atoms with Crippen LogP contribution in [0.1, 0.15) is 16.0 Å². The van der Waals surface area contributed by atoms with Crippen LogP contribution in [0.5, 0.6) is 0 Å². The molecule has 21 heavy (non-hydrogen) atoms. The molecule has 0 aliphatic carbocycles. The first-order valence-corrected chi connectivity index (χ1v) is 7.85. The Morgan fingerprint density at radius 1 is 1.33 bits per heavy atom. The number of carbonyl (C=O) groups is 1. The molecule has 1 fully saturated rings. The summed E-state index contributed by atoms with van der Waals surface area (Å²) in [7, 11) is 0. The lowest BCUT2D eigenvalue weighted by Gasteiger charge is -2.18. The SMILES string of the molecule is Cc1sccc1CNc1cccc(N2CCOC2=O)c1C. The summed E-state index contributed by atoms with van der Waals surface area (Å²) in [4.78, 5) is 14.7. The van der Waals surface area contributed by atoms with Crippen LogP contribution in [0.4, 0.5) is 16.2 Å². The lowest BCUT2D eigenvalue weighted by molar-refractivity contribution is 0.181. The van der Waals surface area contributed by atoms with E-state index in [1.807, 2.05) is 25.1 Å². The minimum Gasteiger partial charge on any atom is -0.447 e. The molecule has 0 unspecified atom stereocenters. The van der Waals surface area contributed by atoms with Gasteiger partial charge in [-0.2, -0.15) is 0 Å². The molecule has 1 aliphatic rings. The maximum Gasteiger partial charge on any atom is 0.414 e. The van der Waals surface area contributed by atoms with Gasteiger partial charge in [0.25, 0.3) is 0 Å². The number of anilines is 2. The first kappa shape index (κ1) is 13.9. The molecule has 0 atom stereocenters. The molecule has 5 heteroatoms. The molecule has 4 nitrogen and oxygen atoms in total. The smallest absolute Gasteiger partial charge is 0.414 e. The molecular formula is C16H18N2O2S. The minimum atomic E-state index is -0.260. The molecule has 1 amide bonds. The van der Waals surface area contributed by atoms with Gasteiger partial charge in [0, 0.05) is 17.1 Å². The van der Waals surface area contributed by atoms with Crippen LogP contribution in [0.25, 0.3) is 0 Å². The average molecular weight is 302 g/mol. The van der Waals surface area contributed by atoms with E-state index < -0.39 is 0 Å². The molecule has 2 aromatic rings. The number of amides is 1. The Bertz CT molecular complexity index is 666. The topological polar surface area (TPSA) is 41.6 Å². The van der Waals surface area contributed by atoms with Gasteiger partial charge in [-0.25, -0.2) is 4.79 Å². The lowest BCUT2D eigenvalue weighted by Crippen LogP contribution is -2.24. The van der Waals surface area contributed by atoms with E-state index in [1.54, 1.807) is 16.2 Å². The highest BCUT2D eigenvalue weighted by atomic mass is 32.1. The Morgan fingerprint density at radius 2 is 2.19 bits per heavy atom. The monoisotopic (exact) mass is 302 g/mol. The van der Waals surface area contributed by atoms with E-state index in [0.29, 0.717) is 13.2 Å². The molecule has 2 heterocycles. The summed E-state index contributed by atoms with van der Waals surface area (Å²) < 4.78 is 5.02. The van der Waals surface area contributed by atoms with E-state index in [9.17, 15) is 4.79 Å². The van der Waals surface area contributed by atoms with Crippen molar-refractivity contribution in [2.24, 2.45) is 0 Å². The molecule has 1 aliphatic heterocycles. The van der Waals surface area contributed by atoms with Gasteiger partial charge in [0.05, 0.1) is 12.2 Å². The number of ether oxygens (including phenoxy) is 1. The zero-order valence-corrected chi connectivity index (χ0v) is 13.0. The largest absolute Gasteiger partial charge is 0.447 e. The number of hydrogen-bond donors (Lipinski definition) is 1. The maximum absolute atomic E-state index is 11.7. The normalized spacial score (nSPS) is 14.4. The van der Waals surface area contributed by atoms with Gasteiger partial charge in [-0.1, -0.05) is 6.07 Å². The highest BCUT2D eigenvalue weighted by Crippen LogP contribution is 2.29. The molecular weight excluding hydrogens is 284 g/mol. The van der Waals surface area contributed by atoms with E-state index in [4.69, 9.17) is 4.74 Å². The molecule has 1 aromatic carbocycles. The third-order valence-corrected chi connectivity index (χ3v) is 4.68. The van der Waals surface area contributed by atoms with Crippen LogP contribution in [0.15, 0.2) is 29.6 Å². The van der Waals surface area contributed by atoms with Crippen molar-refractivity contribution in [3.8, 4) is 0 Å². The average Bonchev–Trinajstić information content (AvgIpc) is 3.07. The number of carbonyl (C=O) groups excluding carboxylic acids is 1. The summed E-state index contributed by atoms with van der Waals surface area (Å²) in [5, 5.41) is 5.57. The first-order chi connectivity index (χ1) is 10.2. The molecule has 0 radical (unpaired) electrons. The standard InChI is InChI=1S/C16H18N2O2S/c1-11-14(17-10-13-6-9-21-12(13)2)4-3-5-15(11)18-7-8-20-16(18)19/h3-6,9,17H,7-8,10H2,1-2H3. The number of benzene rings is 1. The number of aryl methyl sites for hydroxylation is 1. The van der Waals surface area contributed by atoms with Crippen molar-refractivity contribution in [2.75, 3.05) is 23.4 Å². The Kier molecular flexibility index (Phi) is 3.84. The summed E-state index contributed by atoms with van der Waals surface area (Å²) >= 11 is 1.76. The summed E-state index contributed by atoms with van der Waals surface area (Å²) in [6, 6.07) is 8.12. The lowest BCUT2D eigenvalue weighted by atomic mass is 10.1. The van der Waals surface area contributed by atoms with Gasteiger partial charge in [0.1, 0.15) is 6.61 Å². The van der Waals surface area contributed by atoms with Crippen LogP contribution in [0, 0.1) is 13.8 Å². The zero-order chi connectivity index (χ0) is 14.8. The number of nitrogens with zero attached hydrogens (tertiary/aromatic N) is 1. The summed E-state index contributed by atoms with van der Waals surface area (Å²) in [6.07, 6.45) is -0.260. The van der Waals surface area contributed by atoms with Gasteiger partial charge in [-0.3, -0.25) is 4.90 Å². The van der Waals surface area contributed by atoms with Crippen molar-refractivity contribution in [3.05, 3.63) is 45.6 Å². The summed E-state index contributed by atoms with van der Waals surface area (Å²) in [5.74, 6) is 0. The van der Waals surface area contributed by atoms with Gasteiger partial charge in [0.15, 0.2) is 0 Å². The van der Waals surface area contributed by atoms with Crippen LogP contribution < -0.4 is 10.2 Å². The number of cyclic esters (lactones) is 1. The van der Waals surface area contributed by atoms with Crippen LogP contribution in [0.2, 0.25) is 0 Å². The van der Waals surface area contributed by atoms with Crippen molar-refractivity contribution in [1.29, 1.82) is 0 Å². The van der Waals surface area contributed by atoms with Crippen LogP contribution in [-0.4, -0.2) is 19.2 Å². The van der Waals surface area contributed by atoms with E-state index in [-0.39, 0.29) is 6.09 Å². The molecule has 3 rings (SSSR count). The number of thiophene rings is 1. The van der Waals surface area contributed by atoms with Gasteiger partial charge < -0.3 is 10.1 Å². The quantitative estimate of drug-likeness (QED) is 0.930. The molecule has 110 valence electrons. The Morgan fingerprint density at radius 3 is 2.86 bits per heavy atom. The molecule has 1 saturated heterocycles. The Balaban J connectivity index is 1.80. The summed E-state index contributed by atoms with van der Waals surface area (Å²) in [6.45, 7) is 6.04. The van der Waals surface area contributed by atoms with Crippen LogP contribution in [0.3, 0.4) is 0 Å². The third-order valence-electron chi connectivity index (χ3n) is 3.79. The fourth-order valence-electron chi connectivity index (χ4n) is 2.50. The second-order valence-corrected chi connectivity index (χ2v) is 6.19. The van der Waals surface area contributed by atoms with Crippen LogP contribution >= 0.6 is 11.3 Å². The van der Waals surface area contributed by atoms with Gasteiger partial charge >= 0.3 is 6.09 Å². The second kappa shape index (κ2) is 5.77. The molecule has 0 saturated carbocycles.